The van der Waals surface area contributed by atoms with Crippen LogP contribution in [0, 0.1) is 0 Å². The van der Waals surface area contributed by atoms with Crippen molar-refractivity contribution >= 4 is 59.5 Å². The van der Waals surface area contributed by atoms with Gasteiger partial charge in [-0.3, -0.25) is 19.3 Å². The molecule has 24 heteroatoms. The summed E-state index contributed by atoms with van der Waals surface area (Å²) in [4.78, 5) is 110. The highest BCUT2D eigenvalue weighted by Crippen LogP contribution is 2.13. The molecule has 0 saturated carbocycles. The number of morpholine rings is 1. The molecule has 4 heterocycles. The first-order valence-corrected chi connectivity index (χ1v) is 23.0. The summed E-state index contributed by atoms with van der Waals surface area (Å²) >= 11 is 0. The van der Waals surface area contributed by atoms with E-state index < -0.39 is 49.0 Å². The quantitative estimate of drug-likeness (QED) is 0.0495. The lowest BCUT2D eigenvalue weighted by Crippen LogP contribution is -2.39. The molecule has 0 aliphatic carbocycles. The van der Waals surface area contributed by atoms with E-state index >= 15 is 0 Å². The molecule has 4 rings (SSSR count). The number of likely N-dealkylation sites (tertiary alicyclic amines) is 1. The number of hydrogen-bond donors (Lipinski definition) is 2. The zero-order valence-electron chi connectivity index (χ0n) is 41.7. The van der Waals surface area contributed by atoms with Gasteiger partial charge in [0, 0.05) is 63.1 Å². The van der Waals surface area contributed by atoms with Gasteiger partial charge in [0.15, 0.2) is 6.61 Å². The van der Waals surface area contributed by atoms with Crippen molar-refractivity contribution in [1.29, 1.82) is 0 Å². The van der Waals surface area contributed by atoms with E-state index in [1.54, 1.807) is 4.90 Å². The number of amides is 3. The maximum atomic E-state index is 11.3. The van der Waals surface area contributed by atoms with Crippen LogP contribution in [0.1, 0.15) is 162 Å². The van der Waals surface area contributed by atoms with Gasteiger partial charge in [0.1, 0.15) is 52.9 Å². The van der Waals surface area contributed by atoms with E-state index in [0.29, 0.717) is 52.5 Å². The molecule has 0 bridgehead atoms. The van der Waals surface area contributed by atoms with Crippen molar-refractivity contribution in [2.24, 2.45) is 0 Å². The molecule has 2 atom stereocenters. The highest BCUT2D eigenvalue weighted by molar-refractivity contribution is 6.00. The van der Waals surface area contributed by atoms with Crippen LogP contribution in [0.25, 0.3) is 0 Å². The van der Waals surface area contributed by atoms with Gasteiger partial charge in [0.05, 0.1) is 25.4 Å². The summed E-state index contributed by atoms with van der Waals surface area (Å²) in [6.07, 6.45) is 13.1. The third kappa shape index (κ3) is 69.8. The van der Waals surface area contributed by atoms with Crippen molar-refractivity contribution in [2.45, 2.75) is 174 Å². The molecule has 0 radical (unpaired) electrons. The molecule has 4 fully saturated rings. The Bertz CT molecular complexity index is 1790. The maximum absolute atomic E-state index is 11.3. The number of rotatable bonds is 20. The molecular formula is C63H128N2O22. The Hall–Kier alpha value is -6.86. The molecule has 4 aliphatic heterocycles. The summed E-state index contributed by atoms with van der Waals surface area (Å²) in [7, 11) is 0. The van der Waals surface area contributed by atoms with Crippen LogP contribution >= 0.6 is 0 Å². The number of carbonyl (C=O) groups is 10. The standard InChI is InChI=1S/C10H14O5.C9H13NO2.C8H12O5.C8H12O3.C7H11NO2.C7H10O5.14CH4/c1-2-9(11)15-7-10(12)14-6-8-4-3-5-13-8;1-2-8(11)10-7-5-3-4-6-9(10)12;1-6(2)8(11)13-4-3-12-7(10)5-9;1-2-8(9)11-6-7-4-3-5-10-7;1-2-7(9)8-3-5-10-6-4-8;1-2-6(9)11-3-4-12-7(10)5-8;;;;;;;;;;;;;;/h2,8H,1,3-7H2;2H,1,3-7H2;9H,1,3-5H2,2H3;2,7H,1,3-6H2;2H,1,3-6H2;2,8H,1,3-5H2;14*1H4. The van der Waals surface area contributed by atoms with Gasteiger partial charge in [-0.15, -0.1) is 0 Å². The van der Waals surface area contributed by atoms with Gasteiger partial charge in [-0.25, -0.2) is 33.6 Å². The van der Waals surface area contributed by atoms with Gasteiger partial charge < -0.3 is 62.5 Å². The number of esters is 7. The largest absolute Gasteiger partial charge is 0.460 e. The zero-order valence-corrected chi connectivity index (χ0v) is 41.7. The lowest BCUT2D eigenvalue weighted by atomic mass is 10.2. The van der Waals surface area contributed by atoms with Crippen LogP contribution in [-0.2, 0) is 95.3 Å². The smallest absolute Gasteiger partial charge is 0.344 e. The minimum absolute atomic E-state index is 0. The summed E-state index contributed by atoms with van der Waals surface area (Å²) in [6, 6.07) is 0. The van der Waals surface area contributed by atoms with Crippen LogP contribution in [0.15, 0.2) is 75.4 Å². The third-order valence-corrected chi connectivity index (χ3v) is 9.01. The Morgan fingerprint density at radius 1 is 0.483 bits per heavy atom. The lowest BCUT2D eigenvalue weighted by molar-refractivity contribution is -0.158. The Balaban J connectivity index is -0.0000000483. The molecule has 522 valence electrons. The number of imide groups is 1. The fourth-order valence-corrected chi connectivity index (χ4v) is 5.30. The molecule has 0 aromatic heterocycles. The summed E-state index contributed by atoms with van der Waals surface area (Å²) in [5.41, 5.74) is 0.286. The SMILES string of the molecule is C.C.C.C.C.C.C.C.C.C.C.C.C.C.C=C(C)C(=O)OCCOC(=O)CO.C=CC(=O)N1CCCCCC1=O.C=CC(=O)N1CCOCC1.C=CC(=O)OCC(=O)OCC1CCCO1.C=CC(=O)OCC1CCCO1.C=CC(=O)OCCOC(=O)CO. The minimum Gasteiger partial charge on any atom is -0.460 e. The van der Waals surface area contributed by atoms with Crippen LogP contribution in [0.3, 0.4) is 0 Å². The number of nitrogens with zero attached hydrogens (tertiary/aromatic N) is 2. The first-order valence-electron chi connectivity index (χ1n) is 23.0. The molecule has 0 spiro atoms. The molecule has 0 aromatic rings. The molecule has 0 aromatic carbocycles. The Labute approximate surface area is 528 Å². The second-order valence-electron chi connectivity index (χ2n) is 14.7. The molecule has 24 nitrogen and oxygen atoms in total. The monoisotopic (exact) mass is 1260 g/mol. The normalized spacial score (nSPS) is 13.6. The molecule has 3 amide bonds. The average molecular weight is 1270 g/mol. The van der Waals surface area contributed by atoms with Gasteiger partial charge in [0.25, 0.3) is 5.91 Å². The number of aliphatic hydroxyl groups excluding tert-OH is 2. The van der Waals surface area contributed by atoms with Crippen LogP contribution < -0.4 is 0 Å². The molecular weight excluding hydrogens is 1140 g/mol. The van der Waals surface area contributed by atoms with Crippen LogP contribution in [0.5, 0.6) is 0 Å². The molecule has 2 N–H and O–H groups in total. The third-order valence-electron chi connectivity index (χ3n) is 9.01. The molecule has 4 aliphatic rings. The van der Waals surface area contributed by atoms with E-state index in [1.165, 1.54) is 24.0 Å². The average Bonchev–Trinajstić information content (AvgIpc) is 4.11. The first kappa shape index (κ1) is 122. The van der Waals surface area contributed by atoms with Crippen molar-refractivity contribution < 1.29 is 106 Å². The van der Waals surface area contributed by atoms with Crippen LogP contribution in [0.2, 0.25) is 0 Å². The van der Waals surface area contributed by atoms with Gasteiger partial charge in [-0.2, -0.15) is 0 Å². The fraction of sp³-hybridized carbons (Fsp3) is 0.651. The van der Waals surface area contributed by atoms with Gasteiger partial charge in [0.2, 0.25) is 11.8 Å². The lowest BCUT2D eigenvalue weighted by Gasteiger charge is -2.25. The predicted octanol–water partition coefficient (Wildman–Crippen LogP) is 10.3. The topological polar surface area (TPSA) is 310 Å². The zero-order chi connectivity index (χ0) is 55.2. The van der Waals surface area contributed by atoms with E-state index in [-0.39, 0.29) is 185 Å². The summed E-state index contributed by atoms with van der Waals surface area (Å²) in [6.45, 7) is 24.8. The maximum Gasteiger partial charge on any atom is 0.344 e. The van der Waals surface area contributed by atoms with Crippen molar-refractivity contribution in [3.8, 4) is 0 Å². The Morgan fingerprint density at radius 3 is 1.28 bits per heavy atom. The number of ether oxygens (including phenoxy) is 10. The van der Waals surface area contributed by atoms with E-state index in [1.807, 2.05) is 0 Å². The van der Waals surface area contributed by atoms with Crippen molar-refractivity contribution in [3.63, 3.8) is 0 Å². The van der Waals surface area contributed by atoms with Crippen molar-refractivity contribution in [2.75, 3.05) is 106 Å². The highest BCUT2D eigenvalue weighted by atomic mass is 16.6. The van der Waals surface area contributed by atoms with Crippen molar-refractivity contribution in [1.82, 2.24) is 9.80 Å². The highest BCUT2D eigenvalue weighted by Gasteiger charge is 2.21. The summed E-state index contributed by atoms with van der Waals surface area (Å²) < 4.78 is 47.6. The van der Waals surface area contributed by atoms with E-state index in [9.17, 15) is 47.9 Å². The first-order chi connectivity index (χ1) is 34.9. The summed E-state index contributed by atoms with van der Waals surface area (Å²) in [5.74, 6) is -4.49. The van der Waals surface area contributed by atoms with Gasteiger partial charge >= 0.3 is 41.8 Å². The predicted molar refractivity (Wildman–Crippen MR) is 351 cm³/mol. The molecule has 2 unspecified atom stereocenters. The van der Waals surface area contributed by atoms with E-state index in [0.717, 1.165) is 69.8 Å². The van der Waals surface area contributed by atoms with E-state index in [2.05, 4.69) is 63.2 Å². The second-order valence-corrected chi connectivity index (χ2v) is 14.7. The van der Waals surface area contributed by atoms with Crippen LogP contribution in [0.4, 0.5) is 0 Å². The second kappa shape index (κ2) is 81.2. The number of carbonyl (C=O) groups excluding carboxylic acids is 10. The van der Waals surface area contributed by atoms with E-state index in [4.69, 9.17) is 33.9 Å². The van der Waals surface area contributed by atoms with Gasteiger partial charge in [-0.1, -0.05) is 150 Å². The Kier molecular flexibility index (Phi) is 114. The fourth-order valence-electron chi connectivity index (χ4n) is 5.30. The summed E-state index contributed by atoms with van der Waals surface area (Å²) in [5, 5.41) is 16.4. The molecule has 87 heavy (non-hydrogen) atoms. The minimum atomic E-state index is -0.746. The number of aliphatic hydroxyl groups is 2. The van der Waals surface area contributed by atoms with Crippen molar-refractivity contribution in [3.05, 3.63) is 75.4 Å². The number of hydrogen-bond acceptors (Lipinski definition) is 22. The molecule has 4 saturated heterocycles. The van der Waals surface area contributed by atoms with Gasteiger partial charge in [-0.05, 0) is 57.6 Å². The van der Waals surface area contributed by atoms with Crippen LogP contribution in [-0.4, -0.2) is 197 Å². The Morgan fingerprint density at radius 2 is 0.885 bits per heavy atom.